The van der Waals surface area contributed by atoms with E-state index in [1.165, 1.54) is 0 Å². The van der Waals surface area contributed by atoms with Gasteiger partial charge in [0.25, 0.3) is 0 Å². The Morgan fingerprint density at radius 1 is 1.25 bits per heavy atom. The quantitative estimate of drug-likeness (QED) is 0.716. The monoisotopic (exact) mass is 280 g/mol. The Morgan fingerprint density at radius 2 is 1.90 bits per heavy atom. The number of aliphatic hydroxyl groups is 1. The van der Waals surface area contributed by atoms with Crippen molar-refractivity contribution in [2.45, 2.75) is 53.1 Å². The van der Waals surface area contributed by atoms with E-state index >= 15 is 0 Å². The number of aromatic nitrogens is 2. The molecule has 0 fully saturated rings. The zero-order chi connectivity index (χ0) is 15.2. The molecule has 5 heteroatoms. The maximum atomic E-state index is 10.0. The molecule has 0 aromatic carbocycles. The number of aliphatic hydroxyl groups excluding tert-OH is 1. The minimum absolute atomic E-state index is 0.121. The van der Waals surface area contributed by atoms with Gasteiger partial charge in [0, 0.05) is 26.1 Å². The molecule has 1 unspecified atom stereocenters. The van der Waals surface area contributed by atoms with E-state index in [0.29, 0.717) is 6.54 Å². The minimum Gasteiger partial charge on any atom is -0.391 e. The van der Waals surface area contributed by atoms with Gasteiger partial charge in [-0.15, -0.1) is 0 Å². The lowest BCUT2D eigenvalue weighted by molar-refractivity contribution is 0.132. The normalized spacial score (nSPS) is 13.1. The lowest BCUT2D eigenvalue weighted by atomic mass is 9.89. The SMILES string of the molecule is CCCc1nc(NC)cc(NCC(O)CC(C)(C)C)n1. The number of nitrogens with one attached hydrogen (secondary N) is 2. The maximum Gasteiger partial charge on any atom is 0.133 e. The molecular formula is C15H28N4O. The van der Waals surface area contributed by atoms with Gasteiger partial charge in [-0.2, -0.15) is 0 Å². The first-order chi connectivity index (χ1) is 9.34. The van der Waals surface area contributed by atoms with Gasteiger partial charge in [0.1, 0.15) is 17.5 Å². The fourth-order valence-electron chi connectivity index (χ4n) is 2.05. The number of nitrogens with zero attached hydrogens (tertiary/aromatic N) is 2. The second-order valence-corrected chi connectivity index (χ2v) is 6.35. The Kier molecular flexibility index (Phi) is 6.20. The molecule has 1 rings (SSSR count). The van der Waals surface area contributed by atoms with Crippen molar-refractivity contribution in [2.24, 2.45) is 5.41 Å². The summed E-state index contributed by atoms with van der Waals surface area (Å²) in [6, 6.07) is 1.86. The van der Waals surface area contributed by atoms with E-state index in [0.717, 1.165) is 36.7 Å². The summed E-state index contributed by atoms with van der Waals surface area (Å²) in [6.45, 7) is 8.98. The van der Waals surface area contributed by atoms with Crippen LogP contribution in [0.2, 0.25) is 0 Å². The van der Waals surface area contributed by atoms with Crippen LogP contribution in [-0.4, -0.2) is 34.8 Å². The van der Waals surface area contributed by atoms with Gasteiger partial charge in [0.2, 0.25) is 0 Å². The van der Waals surface area contributed by atoms with Gasteiger partial charge in [0.15, 0.2) is 0 Å². The number of hydrogen-bond acceptors (Lipinski definition) is 5. The fourth-order valence-corrected chi connectivity index (χ4v) is 2.05. The highest BCUT2D eigenvalue weighted by molar-refractivity contribution is 5.47. The molecular weight excluding hydrogens is 252 g/mol. The molecule has 114 valence electrons. The van der Waals surface area contributed by atoms with Crippen LogP contribution in [-0.2, 0) is 6.42 Å². The van der Waals surface area contributed by atoms with Crippen molar-refractivity contribution in [3.8, 4) is 0 Å². The van der Waals surface area contributed by atoms with E-state index in [9.17, 15) is 5.11 Å². The zero-order valence-electron chi connectivity index (χ0n) is 13.3. The van der Waals surface area contributed by atoms with Crippen LogP contribution in [0.3, 0.4) is 0 Å². The molecule has 0 saturated carbocycles. The van der Waals surface area contributed by atoms with Gasteiger partial charge in [-0.1, -0.05) is 27.7 Å². The van der Waals surface area contributed by atoms with Crippen LogP contribution in [0.5, 0.6) is 0 Å². The van der Waals surface area contributed by atoms with Crippen LogP contribution in [0.25, 0.3) is 0 Å². The summed E-state index contributed by atoms with van der Waals surface area (Å²) < 4.78 is 0. The topological polar surface area (TPSA) is 70.1 Å². The molecule has 0 saturated heterocycles. The summed E-state index contributed by atoms with van der Waals surface area (Å²) in [4.78, 5) is 8.87. The van der Waals surface area contributed by atoms with Crippen molar-refractivity contribution in [1.82, 2.24) is 9.97 Å². The Labute approximate surface area is 122 Å². The third kappa shape index (κ3) is 6.19. The summed E-state index contributed by atoms with van der Waals surface area (Å²) in [5, 5.41) is 16.3. The Bertz CT molecular complexity index is 415. The highest BCUT2D eigenvalue weighted by atomic mass is 16.3. The molecule has 1 atom stereocenters. The summed E-state index contributed by atoms with van der Waals surface area (Å²) in [5.74, 6) is 2.39. The fraction of sp³-hybridized carbons (Fsp3) is 0.733. The number of anilines is 2. The van der Waals surface area contributed by atoms with E-state index in [4.69, 9.17) is 0 Å². The molecule has 0 radical (unpaired) electrons. The molecule has 5 nitrogen and oxygen atoms in total. The van der Waals surface area contributed by atoms with Crippen LogP contribution < -0.4 is 10.6 Å². The highest BCUT2D eigenvalue weighted by Gasteiger charge is 2.16. The van der Waals surface area contributed by atoms with Crippen molar-refractivity contribution < 1.29 is 5.11 Å². The van der Waals surface area contributed by atoms with Crippen LogP contribution in [0.1, 0.15) is 46.4 Å². The van der Waals surface area contributed by atoms with E-state index in [-0.39, 0.29) is 11.5 Å². The van der Waals surface area contributed by atoms with Gasteiger partial charge in [0.05, 0.1) is 6.10 Å². The molecule has 0 spiro atoms. The van der Waals surface area contributed by atoms with Crippen LogP contribution in [0.4, 0.5) is 11.6 Å². The van der Waals surface area contributed by atoms with Crippen molar-refractivity contribution >= 4 is 11.6 Å². The molecule has 0 bridgehead atoms. The molecule has 1 heterocycles. The third-order valence-electron chi connectivity index (χ3n) is 2.87. The number of rotatable bonds is 7. The average molecular weight is 280 g/mol. The first kappa shape index (κ1) is 16.7. The first-order valence-electron chi connectivity index (χ1n) is 7.31. The van der Waals surface area contributed by atoms with Crippen LogP contribution in [0, 0.1) is 5.41 Å². The van der Waals surface area contributed by atoms with Crippen molar-refractivity contribution in [3.63, 3.8) is 0 Å². The molecule has 1 aromatic rings. The molecule has 3 N–H and O–H groups in total. The minimum atomic E-state index is -0.377. The Morgan fingerprint density at radius 3 is 2.45 bits per heavy atom. The predicted octanol–water partition coefficient (Wildman–Crippen LogP) is 2.68. The largest absolute Gasteiger partial charge is 0.391 e. The molecule has 0 amide bonds. The van der Waals surface area contributed by atoms with E-state index in [1.54, 1.807) is 0 Å². The second-order valence-electron chi connectivity index (χ2n) is 6.35. The second kappa shape index (κ2) is 7.43. The molecule has 0 aliphatic heterocycles. The van der Waals surface area contributed by atoms with Crippen molar-refractivity contribution in [3.05, 3.63) is 11.9 Å². The molecule has 0 aliphatic carbocycles. The Hall–Kier alpha value is -1.36. The lowest BCUT2D eigenvalue weighted by Crippen LogP contribution is -2.25. The smallest absolute Gasteiger partial charge is 0.133 e. The summed E-state index contributed by atoms with van der Waals surface area (Å²) in [6.07, 6.45) is 2.25. The maximum absolute atomic E-state index is 10.0. The van der Waals surface area contributed by atoms with Crippen LogP contribution in [0.15, 0.2) is 6.07 Å². The summed E-state index contributed by atoms with van der Waals surface area (Å²) >= 11 is 0. The predicted molar refractivity (Wildman–Crippen MR) is 84.1 cm³/mol. The molecule has 0 aliphatic rings. The molecule has 1 aromatic heterocycles. The number of aryl methyl sites for hydroxylation is 1. The van der Waals surface area contributed by atoms with Crippen LogP contribution >= 0.6 is 0 Å². The van der Waals surface area contributed by atoms with Crippen molar-refractivity contribution in [1.29, 1.82) is 0 Å². The highest BCUT2D eigenvalue weighted by Crippen LogP contribution is 2.21. The first-order valence-corrected chi connectivity index (χ1v) is 7.31. The Balaban J connectivity index is 2.64. The van der Waals surface area contributed by atoms with Gasteiger partial charge in [-0.05, 0) is 18.3 Å². The standard InChI is InChI=1S/C15H28N4O/c1-6-7-12-18-13(16-5)8-14(19-12)17-10-11(20)9-15(2,3)4/h8,11,20H,6-7,9-10H2,1-5H3,(H2,16,17,18,19). The van der Waals surface area contributed by atoms with E-state index < -0.39 is 0 Å². The lowest BCUT2D eigenvalue weighted by Gasteiger charge is -2.22. The van der Waals surface area contributed by atoms with Gasteiger partial charge >= 0.3 is 0 Å². The van der Waals surface area contributed by atoms with Gasteiger partial charge in [-0.3, -0.25) is 0 Å². The third-order valence-corrected chi connectivity index (χ3v) is 2.87. The summed E-state index contributed by atoms with van der Waals surface area (Å²) in [7, 11) is 1.84. The van der Waals surface area contributed by atoms with E-state index in [1.807, 2.05) is 13.1 Å². The zero-order valence-corrected chi connectivity index (χ0v) is 13.3. The van der Waals surface area contributed by atoms with Crippen molar-refractivity contribution in [2.75, 3.05) is 24.2 Å². The number of hydrogen-bond donors (Lipinski definition) is 3. The average Bonchev–Trinajstić information content (AvgIpc) is 2.34. The van der Waals surface area contributed by atoms with E-state index in [2.05, 4.69) is 48.3 Å². The van der Waals surface area contributed by atoms with Gasteiger partial charge in [-0.25, -0.2) is 9.97 Å². The summed E-state index contributed by atoms with van der Waals surface area (Å²) in [5.41, 5.74) is 0.121. The molecule has 20 heavy (non-hydrogen) atoms. The van der Waals surface area contributed by atoms with Gasteiger partial charge < -0.3 is 15.7 Å².